The second-order valence-corrected chi connectivity index (χ2v) is 5.99. The first kappa shape index (κ1) is 17.2. The summed E-state index contributed by atoms with van der Waals surface area (Å²) >= 11 is 0. The Labute approximate surface area is 138 Å². The molecule has 0 amide bonds. The molecule has 0 radical (unpaired) electrons. The summed E-state index contributed by atoms with van der Waals surface area (Å²) in [7, 11) is 1.95. The fraction of sp³-hybridized carbons (Fsp3) is 0.444. The highest BCUT2D eigenvalue weighted by atomic mass is 16.3. The van der Waals surface area contributed by atoms with Crippen LogP contribution in [-0.2, 0) is 13.0 Å². The van der Waals surface area contributed by atoms with Crippen LogP contribution in [0.15, 0.2) is 41.7 Å². The molecule has 1 heterocycles. The molecule has 0 saturated heterocycles. The van der Waals surface area contributed by atoms with Crippen molar-refractivity contribution in [2.75, 3.05) is 7.05 Å². The van der Waals surface area contributed by atoms with Crippen LogP contribution in [0.3, 0.4) is 0 Å². The van der Waals surface area contributed by atoms with Gasteiger partial charge in [0.2, 0.25) is 0 Å². The van der Waals surface area contributed by atoms with Gasteiger partial charge in [0.1, 0.15) is 5.75 Å². The van der Waals surface area contributed by atoms with Crippen molar-refractivity contribution >= 4 is 11.9 Å². The van der Waals surface area contributed by atoms with E-state index in [4.69, 9.17) is 0 Å². The van der Waals surface area contributed by atoms with Gasteiger partial charge in [0.05, 0.1) is 5.69 Å². The van der Waals surface area contributed by atoms with Gasteiger partial charge in [-0.25, -0.2) is 0 Å². The van der Waals surface area contributed by atoms with Crippen LogP contribution in [0.2, 0.25) is 0 Å². The second-order valence-electron chi connectivity index (χ2n) is 5.99. The lowest BCUT2D eigenvalue weighted by molar-refractivity contribution is 0.464. The lowest BCUT2D eigenvalue weighted by Gasteiger charge is -2.13. The van der Waals surface area contributed by atoms with E-state index < -0.39 is 0 Å². The molecule has 0 aliphatic heterocycles. The highest BCUT2D eigenvalue weighted by Gasteiger charge is 2.09. The number of nitrogens with zero attached hydrogens (tertiary/aromatic N) is 3. The normalized spacial score (nSPS) is 14.2. The molecule has 0 bridgehead atoms. The molecule has 2 unspecified atom stereocenters. The molecule has 2 N–H and O–H groups in total. The molecule has 0 saturated carbocycles. The SMILES string of the molecule is CNC(C)CCc1c(O)cccc1N=CC(C)Cn1cccn1. The third-order valence-corrected chi connectivity index (χ3v) is 3.95. The monoisotopic (exact) mass is 314 g/mol. The molecule has 2 rings (SSSR count). The van der Waals surface area contributed by atoms with Gasteiger partial charge in [-0.15, -0.1) is 0 Å². The van der Waals surface area contributed by atoms with E-state index in [-0.39, 0.29) is 5.92 Å². The lowest BCUT2D eigenvalue weighted by atomic mass is 10.0. The van der Waals surface area contributed by atoms with Crippen LogP contribution >= 0.6 is 0 Å². The predicted octanol–water partition coefficient (Wildman–Crippen LogP) is 3.17. The first-order valence-corrected chi connectivity index (χ1v) is 8.10. The van der Waals surface area contributed by atoms with Gasteiger partial charge in [0, 0.05) is 42.7 Å². The van der Waals surface area contributed by atoms with Crippen molar-refractivity contribution in [3.8, 4) is 5.75 Å². The van der Waals surface area contributed by atoms with Crippen LogP contribution in [0.25, 0.3) is 0 Å². The summed E-state index contributed by atoms with van der Waals surface area (Å²) in [5, 5.41) is 17.6. The van der Waals surface area contributed by atoms with E-state index >= 15 is 0 Å². The van der Waals surface area contributed by atoms with E-state index in [0.29, 0.717) is 11.8 Å². The van der Waals surface area contributed by atoms with Crippen molar-refractivity contribution < 1.29 is 5.11 Å². The summed E-state index contributed by atoms with van der Waals surface area (Å²) in [4.78, 5) is 4.60. The second kappa shape index (κ2) is 8.48. The van der Waals surface area contributed by atoms with E-state index in [9.17, 15) is 5.11 Å². The molecule has 124 valence electrons. The Morgan fingerprint density at radius 2 is 2.17 bits per heavy atom. The Morgan fingerprint density at radius 3 is 2.87 bits per heavy atom. The molecule has 1 aromatic heterocycles. The maximum atomic E-state index is 10.1. The molecule has 2 aromatic rings. The van der Waals surface area contributed by atoms with Crippen molar-refractivity contribution in [2.24, 2.45) is 10.9 Å². The van der Waals surface area contributed by atoms with Gasteiger partial charge in [-0.3, -0.25) is 9.67 Å². The minimum Gasteiger partial charge on any atom is -0.508 e. The third kappa shape index (κ3) is 5.21. The number of aliphatic imine (C=N–C) groups is 1. The largest absolute Gasteiger partial charge is 0.508 e. The standard InChI is InChI=1S/C18H26N4O/c1-14(13-22-11-5-10-21-22)12-20-17-6-4-7-18(23)16(17)9-8-15(2)19-3/h4-7,10-12,14-15,19,23H,8-9,13H2,1-3H3. The number of nitrogens with one attached hydrogen (secondary N) is 1. The van der Waals surface area contributed by atoms with Crippen molar-refractivity contribution in [3.05, 3.63) is 42.2 Å². The average Bonchev–Trinajstić information content (AvgIpc) is 3.04. The van der Waals surface area contributed by atoms with E-state index in [2.05, 4.69) is 29.3 Å². The molecule has 0 fully saturated rings. The quantitative estimate of drug-likeness (QED) is 0.736. The molecule has 2 atom stereocenters. The topological polar surface area (TPSA) is 62.4 Å². The fourth-order valence-electron chi connectivity index (χ4n) is 2.40. The number of rotatable bonds is 8. The van der Waals surface area contributed by atoms with Gasteiger partial charge < -0.3 is 10.4 Å². The molecular weight excluding hydrogens is 288 g/mol. The van der Waals surface area contributed by atoms with Crippen molar-refractivity contribution in [3.63, 3.8) is 0 Å². The minimum absolute atomic E-state index is 0.265. The maximum absolute atomic E-state index is 10.1. The third-order valence-electron chi connectivity index (χ3n) is 3.95. The van der Waals surface area contributed by atoms with Gasteiger partial charge in [0.15, 0.2) is 0 Å². The summed E-state index contributed by atoms with van der Waals surface area (Å²) in [5.74, 6) is 0.587. The minimum atomic E-state index is 0.265. The fourth-order valence-corrected chi connectivity index (χ4v) is 2.40. The smallest absolute Gasteiger partial charge is 0.120 e. The Kier molecular flexibility index (Phi) is 6.35. The molecule has 0 spiro atoms. The van der Waals surface area contributed by atoms with E-state index in [1.807, 2.05) is 42.3 Å². The maximum Gasteiger partial charge on any atom is 0.120 e. The van der Waals surface area contributed by atoms with Gasteiger partial charge in [-0.05, 0) is 45.0 Å². The number of phenolic OH excluding ortho intramolecular Hbond substituents is 1. The molecule has 23 heavy (non-hydrogen) atoms. The number of hydrogen-bond acceptors (Lipinski definition) is 4. The molecule has 5 nitrogen and oxygen atoms in total. The number of aromatic hydroxyl groups is 1. The van der Waals surface area contributed by atoms with Crippen LogP contribution < -0.4 is 5.32 Å². The number of phenols is 1. The van der Waals surface area contributed by atoms with Crippen LogP contribution in [0, 0.1) is 5.92 Å². The zero-order valence-electron chi connectivity index (χ0n) is 14.1. The van der Waals surface area contributed by atoms with Crippen LogP contribution in [0.4, 0.5) is 5.69 Å². The van der Waals surface area contributed by atoms with Gasteiger partial charge in [-0.1, -0.05) is 13.0 Å². The zero-order valence-corrected chi connectivity index (χ0v) is 14.1. The highest BCUT2D eigenvalue weighted by Crippen LogP contribution is 2.29. The Hall–Kier alpha value is -2.14. The van der Waals surface area contributed by atoms with E-state index in [1.54, 1.807) is 12.3 Å². The van der Waals surface area contributed by atoms with Crippen LogP contribution in [0.1, 0.15) is 25.8 Å². The van der Waals surface area contributed by atoms with Crippen molar-refractivity contribution in [1.29, 1.82) is 0 Å². The van der Waals surface area contributed by atoms with Crippen molar-refractivity contribution in [1.82, 2.24) is 15.1 Å². The summed E-state index contributed by atoms with van der Waals surface area (Å²) in [6, 6.07) is 7.85. The van der Waals surface area contributed by atoms with Crippen molar-refractivity contribution in [2.45, 2.75) is 39.3 Å². The first-order chi connectivity index (χ1) is 11.1. The summed E-state index contributed by atoms with van der Waals surface area (Å²) in [5.41, 5.74) is 1.76. The number of aromatic nitrogens is 2. The molecule has 0 aliphatic carbocycles. The van der Waals surface area contributed by atoms with Gasteiger partial charge >= 0.3 is 0 Å². The van der Waals surface area contributed by atoms with Gasteiger partial charge in [-0.2, -0.15) is 5.10 Å². The van der Waals surface area contributed by atoms with E-state index in [0.717, 1.165) is 30.6 Å². The molecular formula is C18H26N4O. The average molecular weight is 314 g/mol. The molecule has 5 heteroatoms. The summed E-state index contributed by atoms with van der Waals surface area (Å²) in [6.07, 6.45) is 7.42. The predicted molar refractivity (Wildman–Crippen MR) is 94.5 cm³/mol. The van der Waals surface area contributed by atoms with E-state index in [1.165, 1.54) is 0 Å². The molecule has 1 aromatic carbocycles. The highest BCUT2D eigenvalue weighted by molar-refractivity contribution is 5.68. The Balaban J connectivity index is 2.06. The van der Waals surface area contributed by atoms with Gasteiger partial charge in [0.25, 0.3) is 0 Å². The summed E-state index contributed by atoms with van der Waals surface area (Å²) in [6.45, 7) is 5.03. The summed E-state index contributed by atoms with van der Waals surface area (Å²) < 4.78 is 1.90. The Morgan fingerprint density at radius 1 is 1.35 bits per heavy atom. The Bertz CT molecular complexity index is 622. The zero-order chi connectivity index (χ0) is 16.7. The lowest BCUT2D eigenvalue weighted by Crippen LogP contribution is -2.21. The number of benzene rings is 1. The molecule has 0 aliphatic rings. The van der Waals surface area contributed by atoms with Crippen LogP contribution in [-0.4, -0.2) is 34.2 Å². The first-order valence-electron chi connectivity index (χ1n) is 8.10. The number of hydrogen-bond donors (Lipinski definition) is 2. The van der Waals surface area contributed by atoms with Crippen LogP contribution in [0.5, 0.6) is 5.75 Å².